The molecular formula is C16H15FN2O2. The first-order chi connectivity index (χ1) is 10.1. The van der Waals surface area contributed by atoms with Crippen LogP contribution in [0.4, 0.5) is 15.8 Å². The van der Waals surface area contributed by atoms with Crippen LogP contribution in [-0.2, 0) is 6.54 Å². The second-order valence-electron chi connectivity index (χ2n) is 5.26. The van der Waals surface area contributed by atoms with Crippen LogP contribution in [0.1, 0.15) is 29.9 Å². The number of rotatable bonds is 5. The fraction of sp³-hybridized carbons (Fsp3) is 0.250. The van der Waals surface area contributed by atoms with Crippen molar-refractivity contribution in [1.82, 2.24) is 0 Å². The smallest absolute Gasteiger partial charge is 0.295 e. The van der Waals surface area contributed by atoms with E-state index >= 15 is 0 Å². The molecule has 0 saturated heterocycles. The van der Waals surface area contributed by atoms with Crippen molar-refractivity contribution < 1.29 is 9.31 Å². The van der Waals surface area contributed by atoms with Crippen LogP contribution >= 0.6 is 0 Å². The topological polar surface area (TPSA) is 55.2 Å². The fourth-order valence-electron chi connectivity index (χ4n) is 2.35. The van der Waals surface area contributed by atoms with Crippen LogP contribution in [0.2, 0.25) is 0 Å². The van der Waals surface area contributed by atoms with Crippen molar-refractivity contribution >= 4 is 11.4 Å². The predicted octanol–water partition coefficient (Wildman–Crippen LogP) is 4.22. The third-order valence-corrected chi connectivity index (χ3v) is 3.69. The Balaban J connectivity index is 1.73. The van der Waals surface area contributed by atoms with E-state index in [1.807, 2.05) is 12.1 Å². The first-order valence-electron chi connectivity index (χ1n) is 6.91. The molecule has 21 heavy (non-hydrogen) atoms. The molecule has 0 unspecified atom stereocenters. The average Bonchev–Trinajstić information content (AvgIpc) is 3.31. The summed E-state index contributed by atoms with van der Waals surface area (Å²) in [6, 6.07) is 12.0. The largest absolute Gasteiger partial charge is 0.373 e. The summed E-state index contributed by atoms with van der Waals surface area (Å²) in [7, 11) is 0. The number of anilines is 1. The van der Waals surface area contributed by atoms with Gasteiger partial charge in [-0.25, -0.2) is 4.39 Å². The molecule has 5 heteroatoms. The van der Waals surface area contributed by atoms with Gasteiger partial charge in [0.05, 0.1) is 4.92 Å². The molecule has 1 N–H and O–H groups in total. The van der Waals surface area contributed by atoms with Gasteiger partial charge in [0.1, 0.15) is 5.69 Å². The maximum absolute atomic E-state index is 13.7. The molecule has 2 aromatic carbocycles. The van der Waals surface area contributed by atoms with Gasteiger partial charge in [-0.1, -0.05) is 30.3 Å². The standard InChI is InChI=1S/C16H15FN2O2/c17-14-2-1-3-15(19(20)21)16(14)18-10-11-4-6-12(7-5-11)13-8-9-13/h1-7,13,18H,8-10H2. The van der Waals surface area contributed by atoms with Crippen LogP contribution in [0, 0.1) is 15.9 Å². The van der Waals surface area contributed by atoms with Gasteiger partial charge in [0, 0.05) is 12.6 Å². The Hall–Kier alpha value is -2.43. The van der Waals surface area contributed by atoms with Gasteiger partial charge in [0.15, 0.2) is 5.82 Å². The third kappa shape index (κ3) is 3.02. The van der Waals surface area contributed by atoms with E-state index in [9.17, 15) is 14.5 Å². The summed E-state index contributed by atoms with van der Waals surface area (Å²) in [5.41, 5.74) is 1.99. The maximum atomic E-state index is 13.7. The lowest BCUT2D eigenvalue weighted by Crippen LogP contribution is -2.04. The van der Waals surface area contributed by atoms with E-state index in [-0.39, 0.29) is 11.4 Å². The van der Waals surface area contributed by atoms with Crippen molar-refractivity contribution in [2.75, 3.05) is 5.32 Å². The number of nitro groups is 1. The zero-order valence-corrected chi connectivity index (χ0v) is 11.4. The van der Waals surface area contributed by atoms with Crippen molar-refractivity contribution in [2.45, 2.75) is 25.3 Å². The van der Waals surface area contributed by atoms with Crippen LogP contribution in [0.3, 0.4) is 0 Å². The summed E-state index contributed by atoms with van der Waals surface area (Å²) >= 11 is 0. The minimum Gasteiger partial charge on any atom is -0.373 e. The van der Waals surface area contributed by atoms with Gasteiger partial charge in [0.2, 0.25) is 0 Å². The van der Waals surface area contributed by atoms with E-state index in [2.05, 4.69) is 17.4 Å². The highest BCUT2D eigenvalue weighted by atomic mass is 19.1. The number of benzene rings is 2. The monoisotopic (exact) mass is 286 g/mol. The van der Waals surface area contributed by atoms with E-state index in [1.165, 1.54) is 36.6 Å². The number of hydrogen-bond acceptors (Lipinski definition) is 3. The number of nitrogens with one attached hydrogen (secondary N) is 1. The van der Waals surface area contributed by atoms with Crippen LogP contribution in [0.15, 0.2) is 42.5 Å². The number of halogens is 1. The second kappa shape index (κ2) is 5.52. The Bertz CT molecular complexity index is 666. The first kappa shape index (κ1) is 13.5. The van der Waals surface area contributed by atoms with Gasteiger partial charge in [-0.2, -0.15) is 0 Å². The molecule has 0 radical (unpaired) electrons. The van der Waals surface area contributed by atoms with E-state index in [0.29, 0.717) is 12.5 Å². The Morgan fingerprint density at radius 2 is 1.90 bits per heavy atom. The molecule has 0 aromatic heterocycles. The summed E-state index contributed by atoms with van der Waals surface area (Å²) in [5, 5.41) is 13.7. The molecule has 108 valence electrons. The lowest BCUT2D eigenvalue weighted by atomic mass is 10.1. The van der Waals surface area contributed by atoms with Crippen molar-refractivity contribution in [3.63, 3.8) is 0 Å². The molecule has 3 rings (SSSR count). The lowest BCUT2D eigenvalue weighted by molar-refractivity contribution is -0.384. The normalized spacial score (nSPS) is 14.0. The number of para-hydroxylation sites is 1. The fourth-order valence-corrected chi connectivity index (χ4v) is 2.35. The minimum atomic E-state index is -0.612. The molecule has 0 aliphatic heterocycles. The number of nitrogens with zero attached hydrogens (tertiary/aromatic N) is 1. The average molecular weight is 286 g/mol. The Kier molecular flexibility index (Phi) is 3.56. The molecular weight excluding hydrogens is 271 g/mol. The molecule has 1 aliphatic carbocycles. The minimum absolute atomic E-state index is 0.0613. The molecule has 0 atom stereocenters. The highest BCUT2D eigenvalue weighted by Gasteiger charge is 2.23. The summed E-state index contributed by atoms with van der Waals surface area (Å²) in [5.74, 6) is 0.0819. The molecule has 1 fully saturated rings. The maximum Gasteiger partial charge on any atom is 0.295 e. The lowest BCUT2D eigenvalue weighted by Gasteiger charge is -2.09. The molecule has 2 aromatic rings. The highest BCUT2D eigenvalue weighted by Crippen LogP contribution is 2.39. The summed E-state index contributed by atoms with van der Waals surface area (Å²) < 4.78 is 13.7. The Labute approximate surface area is 121 Å². The third-order valence-electron chi connectivity index (χ3n) is 3.69. The van der Waals surface area contributed by atoms with E-state index in [4.69, 9.17) is 0 Å². The molecule has 4 nitrogen and oxygen atoms in total. The predicted molar refractivity (Wildman–Crippen MR) is 78.8 cm³/mol. The van der Waals surface area contributed by atoms with Gasteiger partial charge in [-0.3, -0.25) is 10.1 Å². The quantitative estimate of drug-likeness (QED) is 0.661. The summed E-state index contributed by atoms with van der Waals surface area (Å²) in [6.45, 7) is 0.354. The van der Waals surface area contributed by atoms with Crippen LogP contribution in [-0.4, -0.2) is 4.92 Å². The Morgan fingerprint density at radius 1 is 1.19 bits per heavy atom. The molecule has 1 saturated carbocycles. The van der Waals surface area contributed by atoms with Crippen molar-refractivity contribution in [1.29, 1.82) is 0 Å². The Morgan fingerprint density at radius 3 is 2.52 bits per heavy atom. The van der Waals surface area contributed by atoms with Crippen LogP contribution in [0.5, 0.6) is 0 Å². The highest BCUT2D eigenvalue weighted by molar-refractivity contribution is 5.62. The SMILES string of the molecule is O=[N+]([O-])c1cccc(F)c1NCc1ccc(C2CC2)cc1. The first-order valence-corrected chi connectivity index (χ1v) is 6.91. The molecule has 0 spiro atoms. The molecule has 0 heterocycles. The van der Waals surface area contributed by atoms with Crippen LogP contribution in [0.25, 0.3) is 0 Å². The number of nitro benzene ring substituents is 1. The summed E-state index contributed by atoms with van der Waals surface area (Å²) in [6.07, 6.45) is 2.50. The van der Waals surface area contributed by atoms with Crippen LogP contribution < -0.4 is 5.32 Å². The molecule has 0 bridgehead atoms. The van der Waals surface area contributed by atoms with Gasteiger partial charge in [-0.05, 0) is 36.0 Å². The zero-order chi connectivity index (χ0) is 14.8. The second-order valence-corrected chi connectivity index (χ2v) is 5.26. The summed E-state index contributed by atoms with van der Waals surface area (Å²) in [4.78, 5) is 10.3. The van der Waals surface area contributed by atoms with Gasteiger partial charge in [-0.15, -0.1) is 0 Å². The van der Waals surface area contributed by atoms with Crippen molar-refractivity contribution in [3.05, 3.63) is 69.5 Å². The molecule has 0 amide bonds. The molecule has 1 aliphatic rings. The zero-order valence-electron chi connectivity index (χ0n) is 11.4. The number of hydrogen-bond donors (Lipinski definition) is 1. The van der Waals surface area contributed by atoms with Gasteiger partial charge >= 0.3 is 0 Å². The van der Waals surface area contributed by atoms with Gasteiger partial charge in [0.25, 0.3) is 5.69 Å². The van der Waals surface area contributed by atoms with E-state index in [1.54, 1.807) is 0 Å². The van der Waals surface area contributed by atoms with Gasteiger partial charge < -0.3 is 5.32 Å². The van der Waals surface area contributed by atoms with Crippen molar-refractivity contribution in [3.8, 4) is 0 Å². The van der Waals surface area contributed by atoms with E-state index in [0.717, 1.165) is 5.56 Å². The van der Waals surface area contributed by atoms with Crippen molar-refractivity contribution in [2.24, 2.45) is 0 Å². The van der Waals surface area contributed by atoms with E-state index < -0.39 is 10.7 Å².